The van der Waals surface area contributed by atoms with Gasteiger partial charge in [-0.05, 0) is 42.0 Å². The fourth-order valence-electron chi connectivity index (χ4n) is 3.75. The molecule has 2 aromatic rings. The van der Waals surface area contributed by atoms with Crippen LogP contribution in [0.25, 0.3) is 0 Å². The van der Waals surface area contributed by atoms with E-state index in [-0.39, 0.29) is 12.3 Å². The van der Waals surface area contributed by atoms with Crippen LogP contribution in [-0.2, 0) is 10.3 Å². The van der Waals surface area contributed by atoms with Crippen LogP contribution >= 0.6 is 0 Å². The molecule has 0 bridgehead atoms. The number of benzene rings is 2. The van der Waals surface area contributed by atoms with E-state index in [0.717, 1.165) is 16.9 Å². The van der Waals surface area contributed by atoms with E-state index in [2.05, 4.69) is 19.2 Å². The van der Waals surface area contributed by atoms with Crippen LogP contribution in [0.4, 0.5) is 4.79 Å². The third-order valence-corrected chi connectivity index (χ3v) is 6.00. The zero-order chi connectivity index (χ0) is 21.9. The standard InChI is InChI=1S/C24H28N2O4/c1-5-16(3)17-7-9-18(10-8-17)21(27)15-26-22(28)24(6-2,25-23(26)29)19-11-13-20(30-4)14-12-19/h7-14,16H,5-6,15H2,1-4H3,(H,25,29)/t16-,24-/m0/s1. The van der Waals surface area contributed by atoms with Gasteiger partial charge in [0.25, 0.3) is 5.91 Å². The summed E-state index contributed by atoms with van der Waals surface area (Å²) in [5, 5.41) is 2.80. The Hall–Kier alpha value is -3.15. The fraction of sp³-hybridized carbons (Fsp3) is 0.375. The second-order valence-corrected chi connectivity index (χ2v) is 7.66. The number of amides is 3. The molecule has 3 rings (SSSR count). The first-order valence-electron chi connectivity index (χ1n) is 10.3. The first kappa shape index (κ1) is 21.6. The Bertz CT molecular complexity index is 937. The third-order valence-electron chi connectivity index (χ3n) is 6.00. The zero-order valence-corrected chi connectivity index (χ0v) is 17.9. The number of ether oxygens (including phenoxy) is 1. The van der Waals surface area contributed by atoms with E-state index in [9.17, 15) is 14.4 Å². The number of carbonyl (C=O) groups excluding carboxylic acids is 3. The van der Waals surface area contributed by atoms with Gasteiger partial charge in [0.05, 0.1) is 13.7 Å². The Morgan fingerprint density at radius 3 is 2.23 bits per heavy atom. The molecule has 0 radical (unpaired) electrons. The van der Waals surface area contributed by atoms with E-state index >= 15 is 0 Å². The summed E-state index contributed by atoms with van der Waals surface area (Å²) in [4.78, 5) is 39.6. The minimum atomic E-state index is -1.18. The molecule has 158 valence electrons. The van der Waals surface area contributed by atoms with E-state index in [1.54, 1.807) is 43.5 Å². The molecule has 0 unspecified atom stereocenters. The van der Waals surface area contributed by atoms with Crippen molar-refractivity contribution in [2.75, 3.05) is 13.7 Å². The van der Waals surface area contributed by atoms with Crippen molar-refractivity contribution in [2.45, 2.75) is 45.1 Å². The molecule has 0 spiro atoms. The largest absolute Gasteiger partial charge is 0.497 e. The number of Topliss-reactive ketones (excluding diaryl/α,β-unsaturated/α-hetero) is 1. The highest BCUT2D eigenvalue weighted by Gasteiger charge is 2.51. The van der Waals surface area contributed by atoms with Gasteiger partial charge in [0, 0.05) is 5.56 Å². The molecule has 6 nitrogen and oxygen atoms in total. The minimum Gasteiger partial charge on any atom is -0.497 e. The zero-order valence-electron chi connectivity index (χ0n) is 17.9. The van der Waals surface area contributed by atoms with Gasteiger partial charge < -0.3 is 10.1 Å². The highest BCUT2D eigenvalue weighted by atomic mass is 16.5. The van der Waals surface area contributed by atoms with Gasteiger partial charge in [-0.3, -0.25) is 14.5 Å². The third kappa shape index (κ3) is 3.82. The van der Waals surface area contributed by atoms with Crippen molar-refractivity contribution in [1.82, 2.24) is 10.2 Å². The van der Waals surface area contributed by atoms with Crippen LogP contribution < -0.4 is 10.1 Å². The molecule has 1 N–H and O–H groups in total. The highest BCUT2D eigenvalue weighted by Crippen LogP contribution is 2.33. The number of imide groups is 1. The lowest BCUT2D eigenvalue weighted by atomic mass is 9.87. The summed E-state index contributed by atoms with van der Waals surface area (Å²) in [5.74, 6) is 0.394. The molecule has 1 aliphatic rings. The lowest BCUT2D eigenvalue weighted by molar-refractivity contribution is -0.131. The van der Waals surface area contributed by atoms with Crippen molar-refractivity contribution in [3.05, 3.63) is 65.2 Å². The summed E-state index contributed by atoms with van der Waals surface area (Å²) in [5.41, 5.74) is 1.14. The molecular weight excluding hydrogens is 380 g/mol. The lowest BCUT2D eigenvalue weighted by Crippen LogP contribution is -2.43. The van der Waals surface area contributed by atoms with Crippen LogP contribution in [0.2, 0.25) is 0 Å². The molecule has 2 atom stereocenters. The second-order valence-electron chi connectivity index (χ2n) is 7.66. The SMILES string of the molecule is CC[C@H](C)c1ccc(C(=O)CN2C(=O)N[C@@](CC)(c3ccc(OC)cc3)C2=O)cc1. The number of ketones is 1. The summed E-state index contributed by atoms with van der Waals surface area (Å²) < 4.78 is 5.17. The normalized spacial score (nSPS) is 19.5. The maximum atomic E-state index is 13.2. The summed E-state index contributed by atoms with van der Waals surface area (Å²) >= 11 is 0. The fourth-order valence-corrected chi connectivity index (χ4v) is 3.75. The molecule has 6 heteroatoms. The van der Waals surface area contributed by atoms with E-state index < -0.39 is 17.5 Å². The Labute approximate surface area is 177 Å². The number of carbonyl (C=O) groups is 3. The minimum absolute atomic E-state index is 0.268. The van der Waals surface area contributed by atoms with Crippen molar-refractivity contribution >= 4 is 17.7 Å². The van der Waals surface area contributed by atoms with Gasteiger partial charge in [0.15, 0.2) is 5.78 Å². The van der Waals surface area contributed by atoms with Crippen LogP contribution in [0.5, 0.6) is 5.75 Å². The molecule has 1 saturated heterocycles. The Kier molecular flexibility index (Phi) is 6.25. The van der Waals surface area contributed by atoms with Gasteiger partial charge >= 0.3 is 6.03 Å². The molecule has 1 aliphatic heterocycles. The summed E-state index contributed by atoms with van der Waals surface area (Å²) in [6.45, 7) is 5.80. The predicted molar refractivity (Wildman–Crippen MR) is 115 cm³/mol. The molecule has 30 heavy (non-hydrogen) atoms. The number of urea groups is 1. The Balaban J connectivity index is 1.80. The number of nitrogens with one attached hydrogen (secondary N) is 1. The summed E-state index contributed by atoms with van der Waals surface area (Å²) in [6, 6.07) is 13.9. The quantitative estimate of drug-likeness (QED) is 0.523. The van der Waals surface area contributed by atoms with Crippen LogP contribution in [-0.4, -0.2) is 36.3 Å². The number of nitrogens with zero attached hydrogens (tertiary/aromatic N) is 1. The van der Waals surface area contributed by atoms with Crippen molar-refractivity contribution in [3.8, 4) is 5.75 Å². The van der Waals surface area contributed by atoms with E-state index in [1.807, 2.05) is 19.1 Å². The summed E-state index contributed by atoms with van der Waals surface area (Å²) in [7, 11) is 1.57. The van der Waals surface area contributed by atoms with Gasteiger partial charge in [-0.2, -0.15) is 0 Å². The van der Waals surface area contributed by atoms with Crippen molar-refractivity contribution in [2.24, 2.45) is 0 Å². The first-order valence-corrected chi connectivity index (χ1v) is 10.3. The lowest BCUT2D eigenvalue weighted by Gasteiger charge is -2.26. The first-order chi connectivity index (χ1) is 14.4. The molecule has 1 heterocycles. The van der Waals surface area contributed by atoms with Crippen molar-refractivity contribution in [1.29, 1.82) is 0 Å². The number of rotatable bonds is 8. The number of methoxy groups -OCH3 is 1. The molecular formula is C24H28N2O4. The van der Waals surface area contributed by atoms with Crippen LogP contribution in [0, 0.1) is 0 Å². The Morgan fingerprint density at radius 2 is 1.70 bits per heavy atom. The molecule has 0 aliphatic carbocycles. The van der Waals surface area contributed by atoms with E-state index in [1.165, 1.54) is 0 Å². The van der Waals surface area contributed by atoms with Gasteiger partial charge in [0.2, 0.25) is 0 Å². The van der Waals surface area contributed by atoms with Crippen LogP contribution in [0.15, 0.2) is 48.5 Å². The summed E-state index contributed by atoms with van der Waals surface area (Å²) in [6.07, 6.45) is 1.39. The van der Waals surface area contributed by atoms with Crippen LogP contribution in [0.1, 0.15) is 61.0 Å². The molecule has 2 aromatic carbocycles. The van der Waals surface area contributed by atoms with Gasteiger partial charge in [-0.15, -0.1) is 0 Å². The van der Waals surface area contributed by atoms with Crippen LogP contribution in [0.3, 0.4) is 0 Å². The smallest absolute Gasteiger partial charge is 0.325 e. The molecule has 0 saturated carbocycles. The van der Waals surface area contributed by atoms with Crippen molar-refractivity contribution in [3.63, 3.8) is 0 Å². The van der Waals surface area contributed by atoms with Gasteiger partial charge in [0.1, 0.15) is 11.3 Å². The highest BCUT2D eigenvalue weighted by molar-refractivity contribution is 6.11. The Morgan fingerprint density at radius 1 is 1.07 bits per heavy atom. The maximum absolute atomic E-state index is 13.2. The second kappa shape index (κ2) is 8.69. The van der Waals surface area contributed by atoms with E-state index in [4.69, 9.17) is 4.74 Å². The molecule has 1 fully saturated rings. The number of hydrogen-bond acceptors (Lipinski definition) is 4. The number of hydrogen-bond donors (Lipinski definition) is 1. The topological polar surface area (TPSA) is 75.7 Å². The van der Waals surface area contributed by atoms with Gasteiger partial charge in [-0.1, -0.05) is 57.2 Å². The maximum Gasteiger partial charge on any atom is 0.325 e. The molecule has 3 amide bonds. The van der Waals surface area contributed by atoms with Crippen molar-refractivity contribution < 1.29 is 19.1 Å². The average molecular weight is 408 g/mol. The predicted octanol–water partition coefficient (Wildman–Crippen LogP) is 4.25. The van der Waals surface area contributed by atoms with E-state index in [0.29, 0.717) is 29.2 Å². The molecule has 0 aromatic heterocycles. The average Bonchev–Trinajstić information content (AvgIpc) is 3.03. The van der Waals surface area contributed by atoms with Gasteiger partial charge in [-0.25, -0.2) is 4.79 Å². The monoisotopic (exact) mass is 408 g/mol.